The predicted octanol–water partition coefficient (Wildman–Crippen LogP) is 21.1. The molecule has 4 heteroatoms. The van der Waals surface area contributed by atoms with Crippen LogP contribution in [0.4, 0.5) is 0 Å². The van der Waals surface area contributed by atoms with Gasteiger partial charge < -0.3 is 15.5 Å². The highest BCUT2D eigenvalue weighted by atomic mass is 16.3. The fourth-order valence-corrected chi connectivity index (χ4v) is 9.46. The standard InChI is InChI=1S/C67H121NO3/c1-3-5-7-9-11-13-15-17-19-21-23-24-25-26-27-28-29-30-31-32-33-34-35-36-37-38-39-40-41-42-43-44-45-47-49-51-53-55-57-59-61-63-67(71)68-65(64-69)66(70)62-60-58-56-54-52-50-48-46-22-20-18-16-14-12-10-8-6-4-2/h5,7,11,13,17,19,23-24,26-27,29-30,32-33,65-66,69-70H,3-4,6,8-10,12,14-16,18,20-22,25,28,31,34-64H2,1-2H3,(H,68,71)/b7-5-,13-11-,19-17-,24-23-,27-26-,30-29-,33-32-. The van der Waals surface area contributed by atoms with Crippen molar-refractivity contribution in [2.24, 2.45) is 0 Å². The van der Waals surface area contributed by atoms with Gasteiger partial charge in [-0.05, 0) is 70.6 Å². The van der Waals surface area contributed by atoms with E-state index < -0.39 is 12.1 Å². The molecule has 0 saturated heterocycles. The van der Waals surface area contributed by atoms with Crippen LogP contribution in [-0.4, -0.2) is 34.9 Å². The molecule has 2 unspecified atom stereocenters. The summed E-state index contributed by atoms with van der Waals surface area (Å²) in [6, 6.07) is -0.538. The molecule has 412 valence electrons. The van der Waals surface area contributed by atoms with Crippen LogP contribution in [0.3, 0.4) is 0 Å². The summed E-state index contributed by atoms with van der Waals surface area (Å²) in [6.45, 7) is 4.27. The van der Waals surface area contributed by atoms with Crippen LogP contribution in [0.5, 0.6) is 0 Å². The minimum Gasteiger partial charge on any atom is -0.394 e. The van der Waals surface area contributed by atoms with E-state index in [2.05, 4.69) is 104 Å². The van der Waals surface area contributed by atoms with Crippen molar-refractivity contribution in [1.82, 2.24) is 5.32 Å². The lowest BCUT2D eigenvalue weighted by Gasteiger charge is -2.22. The molecule has 0 aliphatic rings. The lowest BCUT2D eigenvalue weighted by Crippen LogP contribution is -2.45. The lowest BCUT2D eigenvalue weighted by atomic mass is 10.0. The van der Waals surface area contributed by atoms with Gasteiger partial charge in [-0.15, -0.1) is 0 Å². The van der Waals surface area contributed by atoms with Crippen molar-refractivity contribution in [3.63, 3.8) is 0 Å². The van der Waals surface area contributed by atoms with Crippen LogP contribution in [0.2, 0.25) is 0 Å². The Bertz CT molecular complexity index is 1260. The van der Waals surface area contributed by atoms with Gasteiger partial charge in [-0.25, -0.2) is 0 Å². The summed E-state index contributed by atoms with van der Waals surface area (Å²) in [6.07, 6.45) is 90.3. The Morgan fingerprint density at radius 2 is 0.620 bits per heavy atom. The van der Waals surface area contributed by atoms with Crippen molar-refractivity contribution < 1.29 is 15.0 Å². The Morgan fingerprint density at radius 1 is 0.352 bits per heavy atom. The highest BCUT2D eigenvalue weighted by Crippen LogP contribution is 2.18. The predicted molar refractivity (Wildman–Crippen MR) is 317 cm³/mol. The maximum Gasteiger partial charge on any atom is 0.220 e. The smallest absolute Gasteiger partial charge is 0.220 e. The zero-order chi connectivity index (χ0) is 51.3. The number of unbranched alkanes of at least 4 members (excludes halogenated alkanes) is 36. The molecule has 71 heavy (non-hydrogen) atoms. The van der Waals surface area contributed by atoms with E-state index in [0.717, 1.165) is 70.6 Å². The molecule has 4 nitrogen and oxygen atoms in total. The van der Waals surface area contributed by atoms with Gasteiger partial charge in [0.1, 0.15) is 0 Å². The first-order valence-electron chi connectivity index (χ1n) is 31.3. The summed E-state index contributed by atoms with van der Waals surface area (Å²) in [4.78, 5) is 12.5. The maximum absolute atomic E-state index is 12.5. The van der Waals surface area contributed by atoms with Crippen molar-refractivity contribution in [1.29, 1.82) is 0 Å². The van der Waals surface area contributed by atoms with Gasteiger partial charge >= 0.3 is 0 Å². The number of hydrogen-bond acceptors (Lipinski definition) is 3. The Kier molecular flexibility index (Phi) is 59.8. The molecule has 0 saturated carbocycles. The SMILES string of the molecule is CC/C=C\C/C=C\C/C=C\C/C=C\C/C=C\C/C=C\C/C=C\CCCCCCCCCCCCCCCCCCCCCC(=O)NC(CO)C(O)CCCCCCCCCCCCCCCCCCCC. The maximum atomic E-state index is 12.5. The van der Waals surface area contributed by atoms with Crippen molar-refractivity contribution in [2.75, 3.05) is 6.61 Å². The molecule has 0 aromatic carbocycles. The summed E-state index contributed by atoms with van der Waals surface area (Å²) >= 11 is 0. The van der Waals surface area contributed by atoms with Crippen molar-refractivity contribution >= 4 is 5.91 Å². The molecular formula is C67H121NO3. The average molecular weight is 989 g/mol. The first-order chi connectivity index (χ1) is 35.2. The van der Waals surface area contributed by atoms with Crippen LogP contribution >= 0.6 is 0 Å². The van der Waals surface area contributed by atoms with Crippen molar-refractivity contribution in [3.8, 4) is 0 Å². The zero-order valence-electron chi connectivity index (χ0n) is 47.5. The average Bonchev–Trinajstić information content (AvgIpc) is 3.37. The number of carbonyl (C=O) groups is 1. The fourth-order valence-electron chi connectivity index (χ4n) is 9.46. The lowest BCUT2D eigenvalue weighted by molar-refractivity contribution is -0.123. The van der Waals surface area contributed by atoms with Gasteiger partial charge in [0, 0.05) is 6.42 Å². The van der Waals surface area contributed by atoms with Crippen LogP contribution in [-0.2, 0) is 4.79 Å². The van der Waals surface area contributed by atoms with E-state index in [1.807, 2.05) is 0 Å². The van der Waals surface area contributed by atoms with Crippen LogP contribution in [0, 0.1) is 0 Å². The van der Waals surface area contributed by atoms with Crippen LogP contribution in [0.25, 0.3) is 0 Å². The van der Waals surface area contributed by atoms with Crippen LogP contribution in [0.15, 0.2) is 85.1 Å². The minimum atomic E-state index is -0.661. The molecule has 0 spiro atoms. The van der Waals surface area contributed by atoms with E-state index in [1.54, 1.807) is 0 Å². The quantitative estimate of drug-likeness (QED) is 0.0420. The molecule has 3 N–H and O–H groups in total. The first kappa shape index (κ1) is 68.6. The topological polar surface area (TPSA) is 69.6 Å². The molecular weight excluding hydrogens is 867 g/mol. The van der Waals surface area contributed by atoms with Gasteiger partial charge in [-0.2, -0.15) is 0 Å². The summed E-state index contributed by atoms with van der Waals surface area (Å²) in [5.74, 6) is -0.0281. The van der Waals surface area contributed by atoms with Crippen LogP contribution in [0.1, 0.15) is 316 Å². The molecule has 0 aliphatic carbocycles. The van der Waals surface area contributed by atoms with Gasteiger partial charge in [0.15, 0.2) is 0 Å². The zero-order valence-corrected chi connectivity index (χ0v) is 47.5. The van der Waals surface area contributed by atoms with E-state index in [4.69, 9.17) is 0 Å². The summed E-state index contributed by atoms with van der Waals surface area (Å²) in [5.41, 5.74) is 0. The first-order valence-corrected chi connectivity index (χ1v) is 31.3. The molecule has 0 fully saturated rings. The van der Waals surface area contributed by atoms with E-state index in [-0.39, 0.29) is 12.5 Å². The third kappa shape index (κ3) is 58.3. The highest BCUT2D eigenvalue weighted by Gasteiger charge is 2.20. The van der Waals surface area contributed by atoms with E-state index >= 15 is 0 Å². The van der Waals surface area contributed by atoms with Gasteiger partial charge in [-0.1, -0.05) is 324 Å². The normalized spacial score (nSPS) is 13.4. The van der Waals surface area contributed by atoms with Crippen molar-refractivity contribution in [2.45, 2.75) is 328 Å². The monoisotopic (exact) mass is 988 g/mol. The summed E-state index contributed by atoms with van der Waals surface area (Å²) in [7, 11) is 0. The molecule has 0 bridgehead atoms. The van der Waals surface area contributed by atoms with Gasteiger partial charge in [-0.3, -0.25) is 4.79 Å². The second-order valence-corrected chi connectivity index (χ2v) is 21.1. The number of aliphatic hydroxyl groups excluding tert-OH is 2. The van der Waals surface area contributed by atoms with Crippen molar-refractivity contribution in [3.05, 3.63) is 85.1 Å². The number of hydrogen-bond donors (Lipinski definition) is 3. The number of allylic oxidation sites excluding steroid dienone is 14. The van der Waals surface area contributed by atoms with Crippen LogP contribution < -0.4 is 5.32 Å². The molecule has 0 rings (SSSR count). The number of aliphatic hydroxyl groups is 2. The van der Waals surface area contributed by atoms with Gasteiger partial charge in [0.25, 0.3) is 0 Å². The van der Waals surface area contributed by atoms with Gasteiger partial charge in [0.2, 0.25) is 5.91 Å². The Balaban J connectivity index is 3.45. The second-order valence-electron chi connectivity index (χ2n) is 21.1. The molecule has 0 aromatic heterocycles. The molecule has 0 heterocycles. The third-order valence-corrected chi connectivity index (χ3v) is 14.2. The summed E-state index contributed by atoms with van der Waals surface area (Å²) in [5, 5.41) is 23.4. The molecule has 1 amide bonds. The van der Waals surface area contributed by atoms with E-state index in [9.17, 15) is 15.0 Å². The fraction of sp³-hybridized carbons (Fsp3) is 0.776. The minimum absolute atomic E-state index is 0.0281. The molecule has 0 radical (unpaired) electrons. The molecule has 0 aromatic rings. The number of nitrogens with one attached hydrogen (secondary N) is 1. The van der Waals surface area contributed by atoms with Gasteiger partial charge in [0.05, 0.1) is 18.8 Å². The number of amides is 1. The highest BCUT2D eigenvalue weighted by molar-refractivity contribution is 5.76. The van der Waals surface area contributed by atoms with E-state index in [1.165, 1.54) is 218 Å². The largest absolute Gasteiger partial charge is 0.394 e. The Morgan fingerprint density at radius 3 is 0.930 bits per heavy atom. The second kappa shape index (κ2) is 61.9. The molecule has 0 aliphatic heterocycles. The third-order valence-electron chi connectivity index (χ3n) is 14.2. The number of carbonyl (C=O) groups excluding carboxylic acids is 1. The summed E-state index contributed by atoms with van der Waals surface area (Å²) < 4.78 is 0. The number of rotatable bonds is 57. The molecule has 2 atom stereocenters. The van der Waals surface area contributed by atoms with E-state index in [0.29, 0.717) is 12.8 Å². The Hall–Kier alpha value is -2.43. The Labute approximate surface area is 443 Å².